The van der Waals surface area contributed by atoms with Gasteiger partial charge in [-0.05, 0) is 30.7 Å². The van der Waals surface area contributed by atoms with Crippen molar-refractivity contribution in [2.45, 2.75) is 19.5 Å². The first-order chi connectivity index (χ1) is 8.66. The van der Waals surface area contributed by atoms with Crippen LogP contribution in [-0.2, 0) is 6.54 Å². The zero-order chi connectivity index (χ0) is 13.0. The maximum atomic E-state index is 13.5. The molecule has 0 spiro atoms. The second-order valence-electron chi connectivity index (χ2n) is 4.29. The first-order valence-corrected chi connectivity index (χ1v) is 5.92. The predicted molar refractivity (Wildman–Crippen MR) is 69.8 cm³/mol. The van der Waals surface area contributed by atoms with E-state index in [4.69, 9.17) is 0 Å². The lowest BCUT2D eigenvalue weighted by molar-refractivity contribution is 0.474. The molecule has 18 heavy (non-hydrogen) atoms. The standard InChI is InChI=1S/C15H16FNO/c1-11(14-4-2-3-5-15(14)16)17-10-12-6-8-13(18)9-7-12/h2-9,11,17-18H,10H2,1H3/t11-/m1/s1. The molecule has 0 fully saturated rings. The Morgan fingerprint density at radius 1 is 1.11 bits per heavy atom. The Labute approximate surface area is 106 Å². The second-order valence-corrected chi connectivity index (χ2v) is 4.29. The molecule has 2 rings (SSSR count). The molecule has 2 aromatic carbocycles. The van der Waals surface area contributed by atoms with E-state index in [0.29, 0.717) is 12.1 Å². The molecule has 0 aliphatic heterocycles. The molecule has 0 saturated heterocycles. The van der Waals surface area contributed by atoms with E-state index < -0.39 is 0 Å². The van der Waals surface area contributed by atoms with Gasteiger partial charge in [-0.2, -0.15) is 0 Å². The summed E-state index contributed by atoms with van der Waals surface area (Å²) < 4.78 is 13.5. The van der Waals surface area contributed by atoms with Crippen molar-refractivity contribution in [2.24, 2.45) is 0 Å². The summed E-state index contributed by atoms with van der Waals surface area (Å²) in [4.78, 5) is 0. The smallest absolute Gasteiger partial charge is 0.127 e. The fraction of sp³-hybridized carbons (Fsp3) is 0.200. The van der Waals surface area contributed by atoms with Crippen LogP contribution in [0.1, 0.15) is 24.1 Å². The highest BCUT2D eigenvalue weighted by molar-refractivity contribution is 5.26. The van der Waals surface area contributed by atoms with Crippen LogP contribution in [0.5, 0.6) is 5.75 Å². The van der Waals surface area contributed by atoms with E-state index in [9.17, 15) is 9.50 Å². The van der Waals surface area contributed by atoms with E-state index in [1.165, 1.54) is 6.07 Å². The van der Waals surface area contributed by atoms with E-state index in [2.05, 4.69) is 5.32 Å². The minimum Gasteiger partial charge on any atom is -0.508 e. The lowest BCUT2D eigenvalue weighted by Gasteiger charge is -2.15. The first kappa shape index (κ1) is 12.6. The molecule has 0 bridgehead atoms. The SMILES string of the molecule is C[C@@H](NCc1ccc(O)cc1)c1ccccc1F. The maximum absolute atomic E-state index is 13.5. The molecule has 0 amide bonds. The Morgan fingerprint density at radius 3 is 2.44 bits per heavy atom. The molecule has 0 saturated carbocycles. The van der Waals surface area contributed by atoms with Crippen molar-refractivity contribution >= 4 is 0 Å². The van der Waals surface area contributed by atoms with Gasteiger partial charge in [0, 0.05) is 18.2 Å². The second kappa shape index (κ2) is 5.65. The van der Waals surface area contributed by atoms with Crippen LogP contribution in [0.2, 0.25) is 0 Å². The molecule has 0 heterocycles. The van der Waals surface area contributed by atoms with Crippen LogP contribution in [0.4, 0.5) is 4.39 Å². The number of phenols is 1. The Morgan fingerprint density at radius 2 is 1.78 bits per heavy atom. The molecule has 2 N–H and O–H groups in total. The number of hydrogen-bond donors (Lipinski definition) is 2. The molecular weight excluding hydrogens is 229 g/mol. The molecular formula is C15H16FNO. The lowest BCUT2D eigenvalue weighted by atomic mass is 10.1. The normalized spacial score (nSPS) is 12.3. The quantitative estimate of drug-likeness (QED) is 0.865. The van der Waals surface area contributed by atoms with Gasteiger partial charge in [-0.3, -0.25) is 0 Å². The van der Waals surface area contributed by atoms with Crippen molar-refractivity contribution in [3.05, 3.63) is 65.5 Å². The van der Waals surface area contributed by atoms with Gasteiger partial charge >= 0.3 is 0 Å². The largest absolute Gasteiger partial charge is 0.508 e. The number of benzene rings is 2. The van der Waals surface area contributed by atoms with Crippen molar-refractivity contribution in [3.63, 3.8) is 0 Å². The van der Waals surface area contributed by atoms with Gasteiger partial charge in [-0.1, -0.05) is 30.3 Å². The van der Waals surface area contributed by atoms with Crippen LogP contribution in [0.15, 0.2) is 48.5 Å². The molecule has 94 valence electrons. The molecule has 3 heteroatoms. The monoisotopic (exact) mass is 245 g/mol. The molecule has 0 unspecified atom stereocenters. The van der Waals surface area contributed by atoms with Crippen LogP contribution in [0, 0.1) is 5.82 Å². The van der Waals surface area contributed by atoms with Crippen molar-refractivity contribution in [3.8, 4) is 5.75 Å². The van der Waals surface area contributed by atoms with E-state index in [0.717, 1.165) is 5.56 Å². The Balaban J connectivity index is 1.98. The highest BCUT2D eigenvalue weighted by atomic mass is 19.1. The summed E-state index contributed by atoms with van der Waals surface area (Å²) in [5.41, 5.74) is 1.72. The summed E-state index contributed by atoms with van der Waals surface area (Å²) >= 11 is 0. The Kier molecular flexibility index (Phi) is 3.95. The summed E-state index contributed by atoms with van der Waals surface area (Å²) in [6, 6.07) is 13.7. The minimum absolute atomic E-state index is 0.0556. The van der Waals surface area contributed by atoms with Crippen molar-refractivity contribution in [1.82, 2.24) is 5.32 Å². The topological polar surface area (TPSA) is 32.3 Å². The van der Waals surface area contributed by atoms with Crippen molar-refractivity contribution in [1.29, 1.82) is 0 Å². The van der Waals surface area contributed by atoms with Crippen LogP contribution < -0.4 is 5.32 Å². The number of hydrogen-bond acceptors (Lipinski definition) is 2. The van der Waals surface area contributed by atoms with Gasteiger partial charge in [0.2, 0.25) is 0 Å². The van der Waals surface area contributed by atoms with Gasteiger partial charge < -0.3 is 10.4 Å². The Hall–Kier alpha value is -1.87. The molecule has 0 aliphatic carbocycles. The molecule has 0 aromatic heterocycles. The van der Waals surface area contributed by atoms with Gasteiger partial charge in [0.25, 0.3) is 0 Å². The van der Waals surface area contributed by atoms with Gasteiger partial charge in [-0.15, -0.1) is 0 Å². The summed E-state index contributed by atoms with van der Waals surface area (Å²) in [5.74, 6) is 0.0594. The number of halogens is 1. The predicted octanol–water partition coefficient (Wildman–Crippen LogP) is 3.38. The van der Waals surface area contributed by atoms with E-state index in [1.54, 1.807) is 24.3 Å². The molecule has 1 atom stereocenters. The highest BCUT2D eigenvalue weighted by Crippen LogP contribution is 2.17. The molecule has 2 aromatic rings. The first-order valence-electron chi connectivity index (χ1n) is 5.92. The molecule has 2 nitrogen and oxygen atoms in total. The van der Waals surface area contributed by atoms with Crippen LogP contribution in [0.25, 0.3) is 0 Å². The average Bonchev–Trinajstić information content (AvgIpc) is 2.38. The van der Waals surface area contributed by atoms with Gasteiger partial charge in [0.15, 0.2) is 0 Å². The number of rotatable bonds is 4. The lowest BCUT2D eigenvalue weighted by Crippen LogP contribution is -2.19. The summed E-state index contributed by atoms with van der Waals surface area (Å²) in [6.45, 7) is 2.56. The third-order valence-corrected chi connectivity index (χ3v) is 2.92. The van der Waals surface area contributed by atoms with Gasteiger partial charge in [0.1, 0.15) is 11.6 Å². The minimum atomic E-state index is -0.191. The van der Waals surface area contributed by atoms with E-state index in [-0.39, 0.29) is 17.6 Å². The van der Waals surface area contributed by atoms with E-state index in [1.807, 2.05) is 25.1 Å². The summed E-state index contributed by atoms with van der Waals surface area (Å²) in [5, 5.41) is 12.4. The average molecular weight is 245 g/mol. The zero-order valence-corrected chi connectivity index (χ0v) is 10.2. The maximum Gasteiger partial charge on any atom is 0.127 e. The summed E-state index contributed by atoms with van der Waals surface area (Å²) in [6.07, 6.45) is 0. The fourth-order valence-electron chi connectivity index (χ4n) is 1.82. The molecule has 0 aliphatic rings. The Bertz CT molecular complexity index is 510. The van der Waals surface area contributed by atoms with Gasteiger partial charge in [0.05, 0.1) is 0 Å². The van der Waals surface area contributed by atoms with Crippen LogP contribution in [-0.4, -0.2) is 5.11 Å². The van der Waals surface area contributed by atoms with Gasteiger partial charge in [-0.25, -0.2) is 4.39 Å². The third kappa shape index (κ3) is 3.08. The zero-order valence-electron chi connectivity index (χ0n) is 10.2. The highest BCUT2D eigenvalue weighted by Gasteiger charge is 2.09. The third-order valence-electron chi connectivity index (χ3n) is 2.92. The number of nitrogens with one attached hydrogen (secondary N) is 1. The molecule has 0 radical (unpaired) electrons. The summed E-state index contributed by atoms with van der Waals surface area (Å²) in [7, 11) is 0. The number of aromatic hydroxyl groups is 1. The van der Waals surface area contributed by atoms with E-state index >= 15 is 0 Å². The fourth-order valence-corrected chi connectivity index (χ4v) is 1.82. The van der Waals surface area contributed by atoms with Crippen molar-refractivity contribution in [2.75, 3.05) is 0 Å². The van der Waals surface area contributed by atoms with Crippen LogP contribution in [0.3, 0.4) is 0 Å². The van der Waals surface area contributed by atoms with Crippen molar-refractivity contribution < 1.29 is 9.50 Å². The number of phenolic OH excluding ortho intramolecular Hbond substituents is 1. The van der Waals surface area contributed by atoms with Crippen LogP contribution >= 0.6 is 0 Å².